The van der Waals surface area contributed by atoms with Gasteiger partial charge < -0.3 is 10.1 Å². The van der Waals surface area contributed by atoms with Crippen LogP contribution < -0.4 is 5.32 Å². The van der Waals surface area contributed by atoms with Crippen LogP contribution >= 0.6 is 11.8 Å². The van der Waals surface area contributed by atoms with E-state index in [4.69, 9.17) is 10.3 Å². The normalized spacial score (nSPS) is 15.0. The molecule has 1 amide bonds. The van der Waals surface area contributed by atoms with Crippen molar-refractivity contribution in [3.63, 3.8) is 0 Å². The Bertz CT molecular complexity index is 1190. The van der Waals surface area contributed by atoms with Gasteiger partial charge in [-0.3, -0.25) is 4.79 Å². The van der Waals surface area contributed by atoms with Crippen molar-refractivity contribution in [2.75, 3.05) is 19.4 Å². The number of azide groups is 1. The van der Waals surface area contributed by atoms with E-state index in [1.807, 2.05) is 54.6 Å². The molecule has 1 saturated carbocycles. The van der Waals surface area contributed by atoms with Crippen molar-refractivity contribution >= 4 is 23.6 Å². The van der Waals surface area contributed by atoms with Crippen LogP contribution in [0.5, 0.6) is 0 Å². The van der Waals surface area contributed by atoms with Gasteiger partial charge in [-0.1, -0.05) is 109 Å². The van der Waals surface area contributed by atoms with Crippen molar-refractivity contribution in [3.05, 3.63) is 118 Å². The molecule has 7 nitrogen and oxygen atoms in total. The summed E-state index contributed by atoms with van der Waals surface area (Å²) in [4.78, 5) is 29.3. The minimum Gasteiger partial charge on any atom is -0.467 e. The second-order valence-electron chi connectivity index (χ2n) is 10.2. The van der Waals surface area contributed by atoms with Crippen molar-refractivity contribution in [1.29, 1.82) is 0 Å². The van der Waals surface area contributed by atoms with Gasteiger partial charge in [0.2, 0.25) is 5.91 Å². The number of hydrogen-bond donors (Lipinski definition) is 1. The van der Waals surface area contributed by atoms with E-state index in [2.05, 4.69) is 51.7 Å². The molecule has 0 spiro atoms. The summed E-state index contributed by atoms with van der Waals surface area (Å²) in [5.74, 6) is -0.0226. The fraction of sp³-hybridized carbons (Fsp3) is 0.375. The number of ether oxygens (including phenoxy) is 1. The number of nitrogens with zero attached hydrogens (tertiary/aromatic N) is 3. The molecular formula is C32H36N4O3S. The fourth-order valence-corrected chi connectivity index (χ4v) is 7.32. The van der Waals surface area contributed by atoms with Crippen molar-refractivity contribution in [2.24, 2.45) is 10.5 Å². The molecule has 1 fully saturated rings. The zero-order valence-corrected chi connectivity index (χ0v) is 23.7. The van der Waals surface area contributed by atoms with Crippen molar-refractivity contribution < 1.29 is 14.3 Å². The Balaban J connectivity index is 1.61. The van der Waals surface area contributed by atoms with E-state index < -0.39 is 22.2 Å². The molecule has 1 aliphatic rings. The summed E-state index contributed by atoms with van der Waals surface area (Å²) in [7, 11) is 1.35. The highest BCUT2D eigenvalue weighted by atomic mass is 32.2. The Labute approximate surface area is 240 Å². The smallest absolute Gasteiger partial charge is 0.328 e. The number of methoxy groups -OCH3 is 1. The first-order chi connectivity index (χ1) is 19.6. The van der Waals surface area contributed by atoms with Crippen LogP contribution in [0.1, 0.15) is 55.2 Å². The minimum absolute atomic E-state index is 0.154. The molecular weight excluding hydrogens is 520 g/mol. The number of benzene rings is 3. The number of hydrogen-bond acceptors (Lipinski definition) is 5. The van der Waals surface area contributed by atoms with Gasteiger partial charge >= 0.3 is 5.97 Å². The van der Waals surface area contributed by atoms with Crippen LogP contribution in [0.15, 0.2) is 96.1 Å². The Morgan fingerprint density at radius 1 is 0.950 bits per heavy atom. The number of carbonyl (C=O) groups is 2. The van der Waals surface area contributed by atoms with Crippen LogP contribution in [-0.2, 0) is 19.1 Å². The van der Waals surface area contributed by atoms with Crippen LogP contribution in [0.3, 0.4) is 0 Å². The summed E-state index contributed by atoms with van der Waals surface area (Å²) < 4.78 is 4.60. The van der Waals surface area contributed by atoms with E-state index in [0.717, 1.165) is 42.4 Å². The molecule has 208 valence electrons. The van der Waals surface area contributed by atoms with Gasteiger partial charge in [0, 0.05) is 16.9 Å². The molecule has 40 heavy (non-hydrogen) atoms. The maximum absolute atomic E-state index is 13.6. The molecule has 0 radical (unpaired) electrons. The van der Waals surface area contributed by atoms with Crippen LogP contribution in [0.2, 0.25) is 0 Å². The lowest BCUT2D eigenvalue weighted by Crippen LogP contribution is -2.48. The van der Waals surface area contributed by atoms with Crippen molar-refractivity contribution in [1.82, 2.24) is 5.32 Å². The molecule has 1 aliphatic carbocycles. The lowest BCUT2D eigenvalue weighted by atomic mass is 9.81. The largest absolute Gasteiger partial charge is 0.467 e. The predicted octanol–water partition coefficient (Wildman–Crippen LogP) is 7.02. The second-order valence-corrected chi connectivity index (χ2v) is 11.5. The molecule has 0 saturated heterocycles. The van der Waals surface area contributed by atoms with E-state index in [1.54, 1.807) is 11.8 Å². The maximum atomic E-state index is 13.6. The van der Waals surface area contributed by atoms with E-state index in [9.17, 15) is 9.59 Å². The monoisotopic (exact) mass is 556 g/mol. The molecule has 0 heterocycles. The zero-order valence-electron chi connectivity index (χ0n) is 22.9. The highest BCUT2D eigenvalue weighted by Crippen LogP contribution is 2.49. The molecule has 1 atom stereocenters. The molecule has 3 aromatic carbocycles. The molecule has 0 aliphatic heterocycles. The lowest BCUT2D eigenvalue weighted by molar-refractivity contribution is -0.146. The maximum Gasteiger partial charge on any atom is 0.328 e. The molecule has 0 unspecified atom stereocenters. The number of esters is 1. The first kappa shape index (κ1) is 29.2. The summed E-state index contributed by atoms with van der Waals surface area (Å²) >= 11 is 1.75. The SMILES string of the molecule is COC(=O)[C@H](CCSC(c1ccccc1)(c1ccccc1)c1ccccc1)NC(=O)C1(CCN=[N+]=[N-])CCCC1. The van der Waals surface area contributed by atoms with Crippen LogP contribution in [0, 0.1) is 5.41 Å². The van der Waals surface area contributed by atoms with Gasteiger partial charge in [0.15, 0.2) is 0 Å². The molecule has 4 rings (SSSR count). The quantitative estimate of drug-likeness (QED) is 0.0803. The summed E-state index contributed by atoms with van der Waals surface area (Å²) in [5.41, 5.74) is 11.5. The lowest BCUT2D eigenvalue weighted by Gasteiger charge is -2.36. The van der Waals surface area contributed by atoms with Gasteiger partial charge in [0.1, 0.15) is 6.04 Å². The van der Waals surface area contributed by atoms with E-state index in [0.29, 0.717) is 18.6 Å². The Morgan fingerprint density at radius 2 is 1.45 bits per heavy atom. The van der Waals surface area contributed by atoms with Crippen LogP contribution in [-0.4, -0.2) is 37.3 Å². The average Bonchev–Trinajstić information content (AvgIpc) is 3.50. The van der Waals surface area contributed by atoms with Gasteiger partial charge in [-0.25, -0.2) is 4.79 Å². The third-order valence-electron chi connectivity index (χ3n) is 7.85. The summed E-state index contributed by atoms with van der Waals surface area (Å²) in [6.45, 7) is 0.260. The predicted molar refractivity (Wildman–Crippen MR) is 160 cm³/mol. The topological polar surface area (TPSA) is 104 Å². The van der Waals surface area contributed by atoms with Crippen LogP contribution in [0.25, 0.3) is 10.4 Å². The standard InChI is InChI=1S/C32H36N4O3S/c1-39-29(37)28(35-30(38)31(20-11-12-21-31)22-23-34-36-33)19-24-40-32(25-13-5-2-6-14-25,26-15-7-3-8-16-26)27-17-9-4-10-18-27/h2-10,13-18,28H,11-12,19-24H2,1H3,(H,35,38)/t28-/m0/s1. The Morgan fingerprint density at radius 3 is 1.90 bits per heavy atom. The first-order valence-electron chi connectivity index (χ1n) is 13.8. The second kappa shape index (κ2) is 14.1. The summed E-state index contributed by atoms with van der Waals surface area (Å²) in [6, 6.07) is 30.4. The molecule has 8 heteroatoms. The number of nitrogens with one attached hydrogen (secondary N) is 1. The number of rotatable bonds is 13. The van der Waals surface area contributed by atoms with Crippen molar-refractivity contribution in [2.45, 2.75) is 49.3 Å². The van der Waals surface area contributed by atoms with Crippen LogP contribution in [0.4, 0.5) is 0 Å². The van der Waals surface area contributed by atoms with E-state index in [-0.39, 0.29) is 12.5 Å². The zero-order chi connectivity index (χ0) is 28.3. The van der Waals surface area contributed by atoms with Gasteiger partial charge in [-0.05, 0) is 53.7 Å². The number of thioether (sulfide) groups is 1. The van der Waals surface area contributed by atoms with E-state index in [1.165, 1.54) is 7.11 Å². The molecule has 0 bridgehead atoms. The summed E-state index contributed by atoms with van der Waals surface area (Å²) in [6.07, 6.45) is 4.21. The van der Waals surface area contributed by atoms with Crippen molar-refractivity contribution in [3.8, 4) is 0 Å². The minimum atomic E-state index is -0.776. The van der Waals surface area contributed by atoms with Gasteiger partial charge in [0.25, 0.3) is 0 Å². The number of amides is 1. The van der Waals surface area contributed by atoms with Gasteiger partial charge in [0.05, 0.1) is 11.9 Å². The Hall–Kier alpha value is -3.74. The first-order valence-corrected chi connectivity index (χ1v) is 14.7. The molecule has 0 aromatic heterocycles. The third kappa shape index (κ3) is 6.52. The molecule has 1 N–H and O–H groups in total. The Kier molecular flexibility index (Phi) is 10.3. The number of carbonyl (C=O) groups excluding carboxylic acids is 2. The molecule has 3 aromatic rings. The highest BCUT2D eigenvalue weighted by molar-refractivity contribution is 8.00. The summed E-state index contributed by atoms with van der Waals surface area (Å²) in [5, 5.41) is 6.68. The fourth-order valence-electron chi connectivity index (χ4n) is 5.75. The van der Waals surface area contributed by atoms with Gasteiger partial charge in [-0.2, -0.15) is 0 Å². The average molecular weight is 557 g/mol. The highest BCUT2D eigenvalue weighted by Gasteiger charge is 2.42. The van der Waals surface area contributed by atoms with E-state index >= 15 is 0 Å². The third-order valence-corrected chi connectivity index (χ3v) is 9.43. The van der Waals surface area contributed by atoms with Gasteiger partial charge in [-0.15, -0.1) is 11.8 Å².